The largest absolute Gasteiger partial charge is 0.469 e. The van der Waals surface area contributed by atoms with Gasteiger partial charge in [-0.15, -0.1) is 0 Å². The summed E-state index contributed by atoms with van der Waals surface area (Å²) >= 11 is 0. The second-order valence-electron chi connectivity index (χ2n) is 8.97. The maximum Gasteiger partial charge on any atom is 0.469 e. The van der Waals surface area contributed by atoms with Gasteiger partial charge >= 0.3 is 13.9 Å². The Morgan fingerprint density at radius 2 is 1.95 bits per heavy atom. The van der Waals surface area contributed by atoms with Crippen LogP contribution in [0.5, 0.6) is 0 Å². The van der Waals surface area contributed by atoms with Crippen molar-refractivity contribution in [1.82, 2.24) is 24.8 Å². The highest BCUT2D eigenvalue weighted by molar-refractivity contribution is 7.46. The van der Waals surface area contributed by atoms with Crippen LogP contribution in [0.1, 0.15) is 31.6 Å². The lowest BCUT2D eigenvalue weighted by Gasteiger charge is -2.20. The van der Waals surface area contributed by atoms with E-state index in [-0.39, 0.29) is 5.82 Å². The topological polar surface area (TPSA) is 179 Å². The van der Waals surface area contributed by atoms with E-state index >= 15 is 0 Å². The van der Waals surface area contributed by atoms with E-state index in [1.807, 2.05) is 43.3 Å². The average molecular weight is 561 g/mol. The summed E-state index contributed by atoms with van der Waals surface area (Å²) in [4.78, 5) is 43.6. The van der Waals surface area contributed by atoms with E-state index in [0.29, 0.717) is 17.7 Å². The van der Waals surface area contributed by atoms with Crippen molar-refractivity contribution in [3.05, 3.63) is 54.6 Å². The van der Waals surface area contributed by atoms with Gasteiger partial charge in [0.05, 0.1) is 12.9 Å². The Labute approximate surface area is 223 Å². The number of amides is 2. The number of phosphoric ester groups is 1. The summed E-state index contributed by atoms with van der Waals surface area (Å²) in [6.07, 6.45) is 4.37. The Hall–Kier alpha value is -3.23. The van der Waals surface area contributed by atoms with E-state index in [0.717, 1.165) is 18.4 Å². The van der Waals surface area contributed by atoms with Crippen LogP contribution in [0.3, 0.4) is 0 Å². The fourth-order valence-electron chi connectivity index (χ4n) is 4.39. The standard InChI is InChI=1S/C24H29N6O8P/c1-2-3-11-25-24(31)29-21-18-22(27-13-26-21)30(14-28-18)23-20-19(16(36-23)12-35-39(32,33)34)37-17(38-20)10-9-15-7-5-4-6-8-15/h4-10,13-14,16-17,19-20,23H,2-3,11-12H2,1H3,(H2,32,33,34)(H2,25,26,27,29,31)/b10-9+/t16-,17?,19-,20-,23-/m1/s1. The Balaban J connectivity index is 1.38. The zero-order valence-corrected chi connectivity index (χ0v) is 21.9. The second kappa shape index (κ2) is 11.9. The van der Waals surface area contributed by atoms with Crippen molar-refractivity contribution < 1.29 is 37.9 Å². The van der Waals surface area contributed by atoms with E-state index in [1.165, 1.54) is 12.7 Å². The molecule has 14 nitrogen and oxygen atoms in total. The molecule has 15 heteroatoms. The highest BCUT2D eigenvalue weighted by Gasteiger charge is 2.53. The summed E-state index contributed by atoms with van der Waals surface area (Å²) in [5.41, 5.74) is 1.64. The third kappa shape index (κ3) is 6.50. The van der Waals surface area contributed by atoms with Crippen LogP contribution in [0.25, 0.3) is 17.2 Å². The first-order valence-electron chi connectivity index (χ1n) is 12.4. The van der Waals surface area contributed by atoms with Crippen molar-refractivity contribution in [1.29, 1.82) is 0 Å². The fourth-order valence-corrected chi connectivity index (χ4v) is 4.73. The number of carbonyl (C=O) groups is 1. The van der Waals surface area contributed by atoms with E-state index in [4.69, 9.17) is 18.7 Å². The van der Waals surface area contributed by atoms with Crippen LogP contribution >= 0.6 is 7.82 Å². The van der Waals surface area contributed by atoms with Crippen LogP contribution in [-0.2, 0) is 23.3 Å². The zero-order valence-electron chi connectivity index (χ0n) is 21.0. The first kappa shape index (κ1) is 27.3. The van der Waals surface area contributed by atoms with Gasteiger partial charge in [0.1, 0.15) is 24.6 Å². The number of benzene rings is 1. The molecule has 208 valence electrons. The summed E-state index contributed by atoms with van der Waals surface area (Å²) in [5.74, 6) is 0.218. The molecule has 1 aromatic carbocycles. The summed E-state index contributed by atoms with van der Waals surface area (Å²) in [6.45, 7) is 2.13. The van der Waals surface area contributed by atoms with Gasteiger partial charge in [-0.2, -0.15) is 0 Å². The SMILES string of the molecule is CCCCNC(=O)Nc1ncnc2c1ncn2[C@@H]1O[C@H](COP(=O)(O)O)[C@H]2OC(/C=C/c3ccccc3)O[C@H]21. The van der Waals surface area contributed by atoms with Gasteiger partial charge in [-0.1, -0.05) is 49.8 Å². The summed E-state index contributed by atoms with van der Waals surface area (Å²) in [5, 5.41) is 5.45. The van der Waals surface area contributed by atoms with Crippen molar-refractivity contribution in [2.75, 3.05) is 18.5 Å². The fraction of sp³-hybridized carbons (Fsp3) is 0.417. The molecule has 4 heterocycles. The first-order valence-corrected chi connectivity index (χ1v) is 14.0. The molecule has 2 aliphatic heterocycles. The number of unbranched alkanes of at least 4 members (excludes halogenated alkanes) is 1. The number of carbonyl (C=O) groups excluding carboxylic acids is 1. The summed E-state index contributed by atoms with van der Waals surface area (Å²) in [7, 11) is -4.75. The Kier molecular flexibility index (Phi) is 8.33. The van der Waals surface area contributed by atoms with Gasteiger partial charge in [0.15, 0.2) is 29.5 Å². The van der Waals surface area contributed by atoms with Gasteiger partial charge in [-0.25, -0.2) is 24.3 Å². The van der Waals surface area contributed by atoms with Gasteiger partial charge < -0.3 is 29.3 Å². The third-order valence-electron chi connectivity index (χ3n) is 6.20. The third-order valence-corrected chi connectivity index (χ3v) is 6.69. The van der Waals surface area contributed by atoms with Gasteiger partial charge in [0.25, 0.3) is 0 Å². The average Bonchev–Trinajstić information content (AvgIpc) is 3.61. The van der Waals surface area contributed by atoms with Crippen molar-refractivity contribution in [3.63, 3.8) is 0 Å². The molecule has 2 saturated heterocycles. The molecule has 0 saturated carbocycles. The van der Waals surface area contributed by atoms with Crippen LogP contribution in [0.4, 0.5) is 10.6 Å². The number of aromatic nitrogens is 4. The number of fused-ring (bicyclic) bond motifs is 2. The van der Waals surface area contributed by atoms with Crippen LogP contribution in [-0.4, -0.2) is 73.1 Å². The Morgan fingerprint density at radius 1 is 1.15 bits per heavy atom. The number of urea groups is 1. The molecule has 2 aromatic heterocycles. The Morgan fingerprint density at radius 3 is 2.72 bits per heavy atom. The lowest BCUT2D eigenvalue weighted by atomic mass is 10.1. The predicted octanol–water partition coefficient (Wildman–Crippen LogP) is 2.58. The van der Waals surface area contributed by atoms with Crippen LogP contribution < -0.4 is 10.6 Å². The molecule has 2 aliphatic rings. The molecule has 3 aromatic rings. The second-order valence-corrected chi connectivity index (χ2v) is 10.2. The van der Waals surface area contributed by atoms with Crippen LogP contribution in [0, 0.1) is 0 Å². The number of nitrogens with zero attached hydrogens (tertiary/aromatic N) is 4. The number of hydrogen-bond acceptors (Lipinski definition) is 9. The van der Waals surface area contributed by atoms with Crippen LogP contribution in [0.15, 0.2) is 49.1 Å². The smallest absolute Gasteiger partial charge is 0.347 e. The predicted molar refractivity (Wildman–Crippen MR) is 138 cm³/mol. The highest BCUT2D eigenvalue weighted by Crippen LogP contribution is 2.43. The van der Waals surface area contributed by atoms with E-state index in [1.54, 1.807) is 10.6 Å². The normalized spacial score (nSPS) is 24.8. The van der Waals surface area contributed by atoms with Crippen molar-refractivity contribution in [3.8, 4) is 0 Å². The zero-order chi connectivity index (χ0) is 27.4. The molecule has 2 amide bonds. The molecule has 0 spiro atoms. The summed E-state index contributed by atoms with van der Waals surface area (Å²) in [6, 6.07) is 9.19. The molecule has 5 atom stereocenters. The van der Waals surface area contributed by atoms with Gasteiger partial charge in [0.2, 0.25) is 0 Å². The van der Waals surface area contributed by atoms with Crippen molar-refractivity contribution in [2.24, 2.45) is 0 Å². The van der Waals surface area contributed by atoms with Gasteiger partial charge in [-0.3, -0.25) is 14.4 Å². The van der Waals surface area contributed by atoms with E-state index in [9.17, 15) is 19.1 Å². The lowest BCUT2D eigenvalue weighted by molar-refractivity contribution is -0.132. The molecule has 0 radical (unpaired) electrons. The molecule has 5 rings (SSSR count). The molecule has 39 heavy (non-hydrogen) atoms. The first-order chi connectivity index (χ1) is 18.8. The quantitative estimate of drug-likeness (QED) is 0.211. The van der Waals surface area contributed by atoms with Crippen molar-refractivity contribution >= 4 is 36.9 Å². The minimum Gasteiger partial charge on any atom is -0.347 e. The minimum absolute atomic E-state index is 0.218. The monoisotopic (exact) mass is 560 g/mol. The minimum atomic E-state index is -4.75. The number of hydrogen-bond donors (Lipinski definition) is 4. The number of anilines is 1. The molecular formula is C24H29N6O8P. The molecule has 1 unspecified atom stereocenters. The van der Waals surface area contributed by atoms with E-state index < -0.39 is 51.3 Å². The van der Waals surface area contributed by atoms with Crippen molar-refractivity contribution in [2.45, 2.75) is 50.6 Å². The molecule has 4 N–H and O–H groups in total. The Bertz CT molecular complexity index is 1370. The molecule has 2 fully saturated rings. The molecule has 0 aliphatic carbocycles. The van der Waals surface area contributed by atoms with Gasteiger partial charge in [0, 0.05) is 6.54 Å². The lowest BCUT2D eigenvalue weighted by Crippen LogP contribution is -2.31. The van der Waals surface area contributed by atoms with Gasteiger partial charge in [-0.05, 0) is 18.1 Å². The maximum atomic E-state index is 12.3. The number of phosphoric acid groups is 1. The number of imidazole rings is 1. The number of ether oxygens (including phenoxy) is 3. The van der Waals surface area contributed by atoms with E-state index in [2.05, 4.69) is 25.6 Å². The van der Waals surface area contributed by atoms with Crippen LogP contribution in [0.2, 0.25) is 0 Å². The summed E-state index contributed by atoms with van der Waals surface area (Å²) < 4.78 is 36.0. The maximum absolute atomic E-state index is 12.3. The highest BCUT2D eigenvalue weighted by atomic mass is 31.2. The molecular weight excluding hydrogens is 531 g/mol. The number of nitrogens with one attached hydrogen (secondary N) is 2. The molecule has 0 bridgehead atoms. The number of rotatable bonds is 10.